The standard InChI is InChI=1S/2C20H27ClO2.C20H28O2.CH4.CH3.W/c1-12(2)13-6-8-15-14(17(13)21)7-9-16-19(15,3)10-5-11-20(16,4)18(22)23;1-12(2)14-10-13-6-7-17-19(3,15(13)11-16(14)21)8-5-9-20(17,4)18(22)23;1-13(2)14-6-8-16-15(12-14)7-9-17-19(16,3)10-5-11-20(17,4)18(21)22;;;/h6,8,12,16H,5,7,9-11H2,1-4H3,(H,22,23);10-12,17H,5-9H2,1-4H3,(H,22,23);6,8,12-13,17H,5,7,9-11H2,1-4H3,(H,21,22);1H4;1H3;/q;;;;-1;/t16?,19-,20-;2*17?,19-,20-;;;/m111.../s1. The number of aryl methyl sites for hydroxylation is 2. The van der Waals surface area contributed by atoms with Gasteiger partial charge in [-0.05, 0) is 206 Å². The van der Waals surface area contributed by atoms with Gasteiger partial charge in [-0.1, -0.05) is 149 Å². The number of aliphatic carboxylic acids is 3. The molecule has 0 aliphatic heterocycles. The third-order valence-electron chi connectivity index (χ3n) is 19.7. The predicted molar refractivity (Wildman–Crippen MR) is 291 cm³/mol. The zero-order chi connectivity index (χ0) is 50.1. The Kier molecular flexibility index (Phi) is 19.1. The summed E-state index contributed by atoms with van der Waals surface area (Å²) in [5.41, 5.74) is 10.0. The van der Waals surface area contributed by atoms with Gasteiger partial charge in [0.1, 0.15) is 0 Å². The van der Waals surface area contributed by atoms with Crippen LogP contribution < -0.4 is 0 Å². The Morgan fingerprint density at radius 1 is 0.521 bits per heavy atom. The average molecular weight is 1190 g/mol. The van der Waals surface area contributed by atoms with Crippen LogP contribution in [-0.2, 0) is 71.0 Å². The van der Waals surface area contributed by atoms with Gasteiger partial charge in [0.2, 0.25) is 0 Å². The minimum absolute atomic E-state index is 0. The molecule has 9 atom stereocenters. The first kappa shape index (κ1) is 60.9. The minimum Gasteiger partial charge on any atom is -0.481 e. The van der Waals surface area contributed by atoms with Crippen LogP contribution in [0.5, 0.6) is 0 Å². The molecular weight excluding hydrogens is 1100 g/mol. The van der Waals surface area contributed by atoms with E-state index in [4.69, 9.17) is 23.2 Å². The molecule has 0 amide bonds. The largest absolute Gasteiger partial charge is 0.481 e. The molecule has 0 radical (unpaired) electrons. The average Bonchev–Trinajstić information content (AvgIpc) is 3.26. The summed E-state index contributed by atoms with van der Waals surface area (Å²) in [4.78, 5) is 35.9. The van der Waals surface area contributed by atoms with Crippen LogP contribution in [0.25, 0.3) is 0 Å². The molecule has 0 bridgehead atoms. The van der Waals surface area contributed by atoms with Crippen LogP contribution in [0.2, 0.25) is 10.0 Å². The zero-order valence-corrected chi connectivity index (χ0v) is 49.3. The van der Waals surface area contributed by atoms with Gasteiger partial charge in [-0.3, -0.25) is 14.4 Å². The first-order valence-electron chi connectivity index (χ1n) is 26.2. The minimum atomic E-state index is -0.637. The van der Waals surface area contributed by atoms with Gasteiger partial charge < -0.3 is 22.7 Å². The van der Waals surface area contributed by atoms with Crippen molar-refractivity contribution in [3.05, 3.63) is 110 Å². The van der Waals surface area contributed by atoms with Crippen LogP contribution in [0.4, 0.5) is 0 Å². The number of hydrogen-bond donors (Lipinski definition) is 3. The Hall–Kier alpha value is -2.66. The van der Waals surface area contributed by atoms with Crippen molar-refractivity contribution in [1.29, 1.82) is 0 Å². The fraction of sp³-hybridized carbons (Fsp3) is 0.645. The molecule has 394 valence electrons. The summed E-state index contributed by atoms with van der Waals surface area (Å²) in [6, 6.07) is 15.7. The SMILES string of the molecule is C.CC(C)c1cc2c(cc1Cl)[C@@]1(C)CCC[C@@](C)(C(=O)O)C1CC2.CC(C)c1ccc2c(c1)CCC1[C@](C)(C(=O)O)CCC[C@]21C.CC(C)c1ccc2c(c1Cl)CCC1[C@](C)(C(=O)O)CCC[C@]21C.[CH3-].[W]. The van der Waals surface area contributed by atoms with Crippen LogP contribution in [0.15, 0.2) is 42.5 Å². The molecule has 0 spiro atoms. The Labute approximate surface area is 453 Å². The fourth-order valence-electron chi connectivity index (χ4n) is 15.6. The molecule has 0 heterocycles. The topological polar surface area (TPSA) is 112 Å². The van der Waals surface area contributed by atoms with Crippen molar-refractivity contribution in [1.82, 2.24) is 0 Å². The third kappa shape index (κ3) is 10.4. The molecule has 9 rings (SSSR count). The van der Waals surface area contributed by atoms with E-state index in [0.29, 0.717) is 17.8 Å². The maximum Gasteiger partial charge on any atom is 0.309 e. The van der Waals surface area contributed by atoms with Gasteiger partial charge in [-0.25, -0.2) is 0 Å². The van der Waals surface area contributed by atoms with E-state index in [1.165, 1.54) is 50.1 Å². The van der Waals surface area contributed by atoms with E-state index < -0.39 is 34.2 Å². The summed E-state index contributed by atoms with van der Waals surface area (Å²) in [5, 5.41) is 31.3. The van der Waals surface area contributed by atoms with E-state index in [-0.39, 0.29) is 69.9 Å². The van der Waals surface area contributed by atoms with E-state index >= 15 is 0 Å². The van der Waals surface area contributed by atoms with Crippen LogP contribution in [0, 0.1) is 41.4 Å². The monoisotopic (exact) mass is 1180 g/mol. The molecule has 6 aliphatic rings. The molecule has 3 aromatic rings. The zero-order valence-electron chi connectivity index (χ0n) is 44.8. The van der Waals surface area contributed by atoms with Gasteiger partial charge >= 0.3 is 17.9 Å². The number of fused-ring (bicyclic) bond motifs is 9. The smallest absolute Gasteiger partial charge is 0.309 e. The van der Waals surface area contributed by atoms with E-state index in [0.717, 1.165) is 106 Å². The van der Waals surface area contributed by atoms with Gasteiger partial charge in [0, 0.05) is 31.1 Å². The molecule has 6 aliphatic carbocycles. The van der Waals surface area contributed by atoms with Gasteiger partial charge in [0.25, 0.3) is 0 Å². The third-order valence-corrected chi connectivity index (χ3v) is 20.5. The van der Waals surface area contributed by atoms with Crippen molar-refractivity contribution in [2.24, 2.45) is 34.0 Å². The number of hydrogen-bond acceptors (Lipinski definition) is 3. The summed E-state index contributed by atoms with van der Waals surface area (Å²) in [6.45, 7) is 25.9. The Morgan fingerprint density at radius 3 is 1.34 bits per heavy atom. The molecule has 3 unspecified atom stereocenters. The van der Waals surface area contributed by atoms with Gasteiger partial charge in [0.05, 0.1) is 16.2 Å². The van der Waals surface area contributed by atoms with Crippen molar-refractivity contribution in [2.75, 3.05) is 0 Å². The van der Waals surface area contributed by atoms with Gasteiger partial charge in [0.15, 0.2) is 0 Å². The van der Waals surface area contributed by atoms with Crippen molar-refractivity contribution >= 4 is 41.1 Å². The van der Waals surface area contributed by atoms with E-state index in [1.807, 2.05) is 20.8 Å². The first-order valence-corrected chi connectivity index (χ1v) is 26.9. The summed E-state index contributed by atoms with van der Waals surface area (Å²) >= 11 is 13.3. The normalized spacial score (nSPS) is 32.1. The van der Waals surface area contributed by atoms with Crippen molar-refractivity contribution in [3.63, 3.8) is 0 Å². The number of carbonyl (C=O) groups is 3. The van der Waals surface area contributed by atoms with Crippen molar-refractivity contribution in [3.8, 4) is 0 Å². The molecule has 9 heteroatoms. The quantitative estimate of drug-likeness (QED) is 0.212. The first-order chi connectivity index (χ1) is 31.7. The van der Waals surface area contributed by atoms with E-state index in [1.54, 1.807) is 0 Å². The Balaban J connectivity index is 0.000000227. The second-order valence-electron chi connectivity index (χ2n) is 24.7. The molecule has 3 saturated carbocycles. The van der Waals surface area contributed by atoms with Crippen LogP contribution in [-0.4, -0.2) is 33.2 Å². The second-order valence-corrected chi connectivity index (χ2v) is 25.4. The van der Waals surface area contributed by atoms with E-state index in [2.05, 4.69) is 105 Å². The molecule has 0 aromatic heterocycles. The molecule has 3 fully saturated rings. The van der Waals surface area contributed by atoms with Crippen molar-refractivity contribution in [2.45, 2.75) is 221 Å². The van der Waals surface area contributed by atoms with Crippen LogP contribution in [0.1, 0.15) is 235 Å². The fourth-order valence-corrected chi connectivity index (χ4v) is 16.4. The molecular formula is C62H89Cl2O6W-. The number of carboxylic acid groups (broad SMARTS) is 3. The van der Waals surface area contributed by atoms with Crippen molar-refractivity contribution < 1.29 is 50.8 Å². The van der Waals surface area contributed by atoms with Crippen LogP contribution in [0.3, 0.4) is 0 Å². The molecule has 3 aromatic carbocycles. The summed E-state index contributed by atoms with van der Waals surface area (Å²) < 4.78 is 0. The van der Waals surface area contributed by atoms with Gasteiger partial charge in [-0.15, -0.1) is 0 Å². The molecule has 0 saturated heterocycles. The number of halogens is 2. The maximum absolute atomic E-state index is 12.0. The second kappa shape index (κ2) is 22.3. The predicted octanol–water partition coefficient (Wildman–Crippen LogP) is 17.1. The summed E-state index contributed by atoms with van der Waals surface area (Å²) in [6.07, 6.45) is 14.4. The maximum atomic E-state index is 12.0. The Morgan fingerprint density at radius 2 is 0.915 bits per heavy atom. The molecule has 6 nitrogen and oxygen atoms in total. The van der Waals surface area contributed by atoms with Gasteiger partial charge in [-0.2, -0.15) is 0 Å². The summed E-state index contributed by atoms with van der Waals surface area (Å²) in [7, 11) is 0. The molecule has 3 N–H and O–H groups in total. The number of rotatable bonds is 6. The van der Waals surface area contributed by atoms with Crippen LogP contribution >= 0.6 is 23.2 Å². The Bertz CT molecular complexity index is 2400. The van der Waals surface area contributed by atoms with E-state index in [9.17, 15) is 29.7 Å². The number of benzene rings is 3. The number of carboxylic acids is 3. The summed E-state index contributed by atoms with van der Waals surface area (Å²) in [5.74, 6) is 0.122. The molecule has 71 heavy (non-hydrogen) atoms.